The van der Waals surface area contributed by atoms with Gasteiger partial charge in [0.2, 0.25) is 11.8 Å². The largest absolute Gasteiger partial charge is 0.490 e. The number of hydrogen-bond acceptors (Lipinski definition) is 12. The third-order valence-electron chi connectivity index (χ3n) is 13.1. The number of rotatable bonds is 9. The topological polar surface area (TPSA) is 181 Å². The molecule has 6 aliphatic rings. The van der Waals surface area contributed by atoms with Crippen LogP contribution in [0.25, 0.3) is 0 Å². The number of imide groups is 2. The van der Waals surface area contributed by atoms with E-state index in [0.29, 0.717) is 52.9 Å². The molecule has 9 rings (SSSR count). The molecule has 1 aromatic heterocycles. The Morgan fingerprint density at radius 3 is 2.25 bits per heavy atom. The van der Waals surface area contributed by atoms with Gasteiger partial charge in [0, 0.05) is 64.3 Å². The van der Waals surface area contributed by atoms with Crippen molar-refractivity contribution in [2.75, 3.05) is 55.6 Å². The first-order valence-electron chi connectivity index (χ1n) is 20.8. The van der Waals surface area contributed by atoms with E-state index in [9.17, 15) is 24.0 Å². The Bertz CT molecular complexity index is 2260. The molecular weight excluding hydrogens is 793 g/mol. The third-order valence-corrected chi connectivity index (χ3v) is 13.4. The number of aromatic nitrogens is 2. The van der Waals surface area contributed by atoms with Gasteiger partial charge in [0.1, 0.15) is 23.7 Å². The molecule has 1 saturated carbocycles. The molecule has 2 N–H and O–H groups in total. The smallest absolute Gasteiger partial charge is 0.272 e. The minimum absolute atomic E-state index is 0.0101. The summed E-state index contributed by atoms with van der Waals surface area (Å²) in [5.74, 6) is -0.681. The first kappa shape index (κ1) is 39.8. The van der Waals surface area contributed by atoms with Crippen molar-refractivity contribution in [3.05, 3.63) is 75.7 Å². The van der Waals surface area contributed by atoms with Crippen molar-refractivity contribution in [3.63, 3.8) is 0 Å². The highest BCUT2D eigenvalue weighted by Crippen LogP contribution is 2.39. The predicted octanol–water partition coefficient (Wildman–Crippen LogP) is 3.95. The van der Waals surface area contributed by atoms with Gasteiger partial charge in [-0.15, -0.1) is 10.2 Å². The number of anilines is 2. The first-order chi connectivity index (χ1) is 29.0. The van der Waals surface area contributed by atoms with Crippen LogP contribution in [0.2, 0.25) is 5.02 Å². The summed E-state index contributed by atoms with van der Waals surface area (Å²) in [6.07, 6.45) is 5.20. The van der Waals surface area contributed by atoms with E-state index < -0.39 is 35.5 Å². The number of hydrogen-bond donors (Lipinski definition) is 2. The van der Waals surface area contributed by atoms with E-state index in [0.717, 1.165) is 88.0 Å². The van der Waals surface area contributed by atoms with Gasteiger partial charge in [0.05, 0.1) is 33.5 Å². The summed E-state index contributed by atoms with van der Waals surface area (Å²) in [5, 5.41) is 23.4. The Hall–Kier alpha value is -5.66. The van der Waals surface area contributed by atoms with Crippen molar-refractivity contribution in [2.24, 2.45) is 17.8 Å². The van der Waals surface area contributed by atoms with E-state index >= 15 is 4.39 Å². The maximum absolute atomic E-state index is 15.5. The molecule has 4 saturated heterocycles. The lowest BCUT2D eigenvalue weighted by Gasteiger charge is -2.34. The molecule has 5 fully saturated rings. The fourth-order valence-electron chi connectivity index (χ4n) is 9.92. The van der Waals surface area contributed by atoms with E-state index in [1.54, 1.807) is 24.3 Å². The van der Waals surface area contributed by atoms with E-state index in [1.165, 1.54) is 6.07 Å². The van der Waals surface area contributed by atoms with Gasteiger partial charge in [-0.05, 0) is 99.1 Å². The Morgan fingerprint density at radius 1 is 0.883 bits per heavy atom. The molecule has 6 heterocycles. The molecular formula is C43H45ClFN9O6. The fraction of sp³-hybridized carbons (Fsp3) is 0.488. The molecule has 17 heteroatoms. The normalized spacial score (nSPS) is 25.9. The summed E-state index contributed by atoms with van der Waals surface area (Å²) in [4.78, 5) is 71.2. The maximum atomic E-state index is 15.5. The number of nitriles is 1. The molecule has 15 nitrogen and oxygen atoms in total. The third kappa shape index (κ3) is 7.88. The van der Waals surface area contributed by atoms with Crippen molar-refractivity contribution in [1.82, 2.24) is 30.6 Å². The van der Waals surface area contributed by atoms with Gasteiger partial charge in [-0.3, -0.25) is 34.2 Å². The number of piperidine rings is 2. The quantitative estimate of drug-likeness (QED) is 0.297. The highest BCUT2D eigenvalue weighted by atomic mass is 35.5. The molecule has 3 unspecified atom stereocenters. The van der Waals surface area contributed by atoms with Gasteiger partial charge >= 0.3 is 0 Å². The van der Waals surface area contributed by atoms with E-state index in [2.05, 4.69) is 30.6 Å². The van der Waals surface area contributed by atoms with Crippen LogP contribution in [-0.2, 0) is 9.59 Å². The van der Waals surface area contributed by atoms with Crippen LogP contribution in [0.4, 0.5) is 15.9 Å². The number of carbonyl (C=O) groups is 5. The Kier molecular flexibility index (Phi) is 10.9. The second-order valence-electron chi connectivity index (χ2n) is 17.0. The number of carbonyl (C=O) groups excluding carboxylic acids is 5. The minimum Gasteiger partial charge on any atom is -0.490 e. The van der Waals surface area contributed by atoms with E-state index in [-0.39, 0.29) is 47.7 Å². The zero-order chi connectivity index (χ0) is 41.7. The van der Waals surface area contributed by atoms with Gasteiger partial charge < -0.3 is 24.8 Å². The lowest BCUT2D eigenvalue weighted by molar-refractivity contribution is -0.136. The summed E-state index contributed by atoms with van der Waals surface area (Å²) >= 11 is 6.15. The van der Waals surface area contributed by atoms with Crippen LogP contribution >= 0.6 is 11.6 Å². The SMILES string of the molecule is N#Cc1ccc(OC2CCC(NC(=O)c3ccc(N4CCC(CN5CC6CN(c7cc8c(cc7F)C(=O)N(C7CCC(=O)NC7=O)C8=O)CC6C5)CC4)nn3)CC2)cc1Cl. The molecule has 5 amide bonds. The molecule has 2 aromatic carbocycles. The predicted molar refractivity (Wildman–Crippen MR) is 216 cm³/mol. The summed E-state index contributed by atoms with van der Waals surface area (Å²) in [6.45, 7) is 5.80. The molecule has 0 bridgehead atoms. The summed E-state index contributed by atoms with van der Waals surface area (Å²) in [7, 11) is 0. The zero-order valence-corrected chi connectivity index (χ0v) is 33.7. The lowest BCUT2D eigenvalue weighted by Crippen LogP contribution is -2.54. The molecule has 3 atom stereocenters. The fourth-order valence-corrected chi connectivity index (χ4v) is 10.1. The van der Waals surface area contributed by atoms with Crippen LogP contribution in [0, 0.1) is 34.9 Å². The van der Waals surface area contributed by atoms with Crippen molar-refractivity contribution in [2.45, 2.75) is 69.6 Å². The zero-order valence-electron chi connectivity index (χ0n) is 32.9. The van der Waals surface area contributed by atoms with Crippen LogP contribution in [0.5, 0.6) is 5.75 Å². The Morgan fingerprint density at radius 2 is 1.60 bits per heavy atom. The second kappa shape index (κ2) is 16.4. The van der Waals surface area contributed by atoms with Gasteiger partial charge in [0.25, 0.3) is 17.7 Å². The number of likely N-dealkylation sites (tertiary alicyclic amines) is 1. The standard InChI is InChI=1S/C43H45ClFN9O6/c44-33-15-30(4-1-25(33)18-46)60-29-5-2-28(3-6-29)47-40(56)35-7-9-38(50-49-35)52-13-11-24(12-14-52)19-51-20-26-22-53(23-27(26)21-51)37-17-32-31(16-34(37)45)42(58)54(43(32)59)36-8-10-39(55)48-41(36)57/h1,4,7,9,15-17,24,26-29,36H,2-3,5-6,8,10-14,19-23H2,(H,47,56)(H,48,55,57). The molecule has 0 spiro atoms. The van der Waals surface area contributed by atoms with Crippen molar-refractivity contribution in [3.8, 4) is 11.8 Å². The average molecular weight is 838 g/mol. The average Bonchev–Trinajstić information content (AvgIpc) is 3.88. The molecule has 60 heavy (non-hydrogen) atoms. The number of nitrogens with one attached hydrogen (secondary N) is 2. The first-order valence-corrected chi connectivity index (χ1v) is 21.2. The van der Waals surface area contributed by atoms with Gasteiger partial charge in [0.15, 0.2) is 11.5 Å². The van der Waals surface area contributed by atoms with Crippen molar-refractivity contribution in [1.29, 1.82) is 5.26 Å². The Labute approximate surface area is 351 Å². The summed E-state index contributed by atoms with van der Waals surface area (Å²) in [5.41, 5.74) is 1.02. The van der Waals surface area contributed by atoms with Crippen molar-refractivity contribution >= 4 is 52.6 Å². The molecule has 3 aromatic rings. The molecule has 312 valence electrons. The Balaban J connectivity index is 0.708. The lowest BCUT2D eigenvalue weighted by atomic mass is 9.93. The van der Waals surface area contributed by atoms with Crippen LogP contribution in [0.15, 0.2) is 42.5 Å². The summed E-state index contributed by atoms with van der Waals surface area (Å²) < 4.78 is 21.6. The number of amides is 5. The van der Waals surface area contributed by atoms with Crippen LogP contribution < -0.4 is 25.2 Å². The van der Waals surface area contributed by atoms with Gasteiger partial charge in [-0.2, -0.15) is 5.26 Å². The van der Waals surface area contributed by atoms with Crippen LogP contribution in [0.3, 0.4) is 0 Å². The highest BCUT2D eigenvalue weighted by molar-refractivity contribution is 6.31. The highest BCUT2D eigenvalue weighted by Gasteiger charge is 2.47. The van der Waals surface area contributed by atoms with Crippen molar-refractivity contribution < 1.29 is 33.1 Å². The van der Waals surface area contributed by atoms with Crippen LogP contribution in [0.1, 0.15) is 88.1 Å². The number of benzene rings is 2. The van der Waals surface area contributed by atoms with Gasteiger partial charge in [-0.1, -0.05) is 11.6 Å². The number of halogens is 2. The maximum Gasteiger partial charge on any atom is 0.272 e. The molecule has 5 aliphatic heterocycles. The number of ether oxygens (including phenoxy) is 1. The second-order valence-corrected chi connectivity index (χ2v) is 17.4. The minimum atomic E-state index is -1.10. The van der Waals surface area contributed by atoms with Crippen LogP contribution in [-0.4, -0.2) is 114 Å². The monoisotopic (exact) mass is 837 g/mol. The van der Waals surface area contributed by atoms with E-state index in [1.807, 2.05) is 17.0 Å². The number of nitrogens with zero attached hydrogens (tertiary/aromatic N) is 7. The van der Waals surface area contributed by atoms with Gasteiger partial charge in [-0.25, -0.2) is 4.39 Å². The van der Waals surface area contributed by atoms with E-state index in [4.69, 9.17) is 21.6 Å². The number of fused-ring (bicyclic) bond motifs is 2. The molecule has 0 radical (unpaired) electrons. The summed E-state index contributed by atoms with van der Waals surface area (Å²) in [6, 6.07) is 12.2. The molecule has 1 aliphatic carbocycles.